The van der Waals surface area contributed by atoms with E-state index in [-0.39, 0.29) is 17.7 Å². The Morgan fingerprint density at radius 1 is 1.03 bits per heavy atom. The monoisotopic (exact) mass is 515 g/mol. The summed E-state index contributed by atoms with van der Waals surface area (Å²) in [7, 11) is 0. The van der Waals surface area contributed by atoms with Crippen LogP contribution >= 0.6 is 0 Å². The summed E-state index contributed by atoms with van der Waals surface area (Å²) in [5, 5.41) is 3.09. The van der Waals surface area contributed by atoms with E-state index in [1.165, 1.54) is 19.3 Å². The first-order valence-electron chi connectivity index (χ1n) is 14.0. The fourth-order valence-corrected chi connectivity index (χ4v) is 6.16. The SMILES string of the molecule is C=CCC(C(N)=O)C(CC(C)C)C(=O)NC1C(=O)N(CC2CCCCC2)c2ccccc2-c2ccccc21. The maximum atomic E-state index is 14.4. The lowest BCUT2D eigenvalue weighted by Crippen LogP contribution is -2.48. The van der Waals surface area contributed by atoms with Crippen LogP contribution in [-0.2, 0) is 14.4 Å². The molecule has 0 radical (unpaired) electrons. The molecule has 2 aliphatic rings. The summed E-state index contributed by atoms with van der Waals surface area (Å²) in [5.41, 5.74) is 9.32. The Morgan fingerprint density at radius 3 is 2.34 bits per heavy atom. The minimum Gasteiger partial charge on any atom is -0.369 e. The minimum atomic E-state index is -0.860. The van der Waals surface area contributed by atoms with E-state index in [0.29, 0.717) is 25.3 Å². The molecule has 6 heteroatoms. The standard InChI is InChI=1S/C32H41N3O3/c1-4-12-26(30(33)36)27(19-21(2)3)31(37)34-29-25-17-9-8-15-23(25)24-16-10-11-18-28(24)35(32(29)38)20-22-13-6-5-7-14-22/h4,8-11,15-18,21-22,26-27,29H,1,5-7,12-14,19-20H2,2-3H3,(H2,33,36)(H,34,37). The van der Waals surface area contributed by atoms with Crippen LogP contribution in [-0.4, -0.2) is 24.3 Å². The zero-order valence-corrected chi connectivity index (χ0v) is 22.7. The fourth-order valence-electron chi connectivity index (χ4n) is 6.16. The largest absolute Gasteiger partial charge is 0.369 e. The molecule has 3 amide bonds. The predicted octanol–water partition coefficient (Wildman–Crippen LogP) is 5.78. The molecule has 1 aliphatic heterocycles. The van der Waals surface area contributed by atoms with Crippen LogP contribution in [0.5, 0.6) is 0 Å². The minimum absolute atomic E-state index is 0.135. The number of benzene rings is 2. The van der Waals surface area contributed by atoms with Gasteiger partial charge in [-0.25, -0.2) is 0 Å². The average molecular weight is 516 g/mol. The van der Waals surface area contributed by atoms with E-state index >= 15 is 0 Å². The molecule has 0 bridgehead atoms. The van der Waals surface area contributed by atoms with Crippen molar-refractivity contribution in [2.24, 2.45) is 29.4 Å². The van der Waals surface area contributed by atoms with Crippen LogP contribution < -0.4 is 16.0 Å². The normalized spacial score (nSPS) is 19.2. The van der Waals surface area contributed by atoms with Gasteiger partial charge in [0.2, 0.25) is 11.8 Å². The van der Waals surface area contributed by atoms with Gasteiger partial charge in [-0.3, -0.25) is 14.4 Å². The lowest BCUT2D eigenvalue weighted by Gasteiger charge is -2.33. The van der Waals surface area contributed by atoms with Crippen LogP contribution in [0.15, 0.2) is 61.2 Å². The van der Waals surface area contributed by atoms with Gasteiger partial charge in [0.15, 0.2) is 0 Å². The van der Waals surface area contributed by atoms with Crippen molar-refractivity contribution in [2.45, 2.75) is 64.8 Å². The van der Waals surface area contributed by atoms with Crippen molar-refractivity contribution in [1.29, 1.82) is 0 Å². The zero-order valence-electron chi connectivity index (χ0n) is 22.7. The third kappa shape index (κ3) is 6.01. The van der Waals surface area contributed by atoms with Crippen molar-refractivity contribution in [3.05, 3.63) is 66.7 Å². The van der Waals surface area contributed by atoms with E-state index in [1.807, 2.05) is 67.3 Å². The number of nitrogens with two attached hydrogens (primary N) is 1. The number of primary amides is 1. The maximum absolute atomic E-state index is 14.4. The number of nitrogens with zero attached hydrogens (tertiary/aromatic N) is 1. The summed E-state index contributed by atoms with van der Waals surface area (Å²) in [4.78, 5) is 42.5. The van der Waals surface area contributed by atoms with Gasteiger partial charge in [-0.15, -0.1) is 6.58 Å². The number of fused-ring (bicyclic) bond motifs is 3. The molecule has 3 atom stereocenters. The van der Waals surface area contributed by atoms with Crippen molar-refractivity contribution in [2.75, 3.05) is 11.4 Å². The van der Waals surface area contributed by atoms with Crippen LogP contribution in [0, 0.1) is 23.7 Å². The van der Waals surface area contributed by atoms with Crippen LogP contribution in [0.2, 0.25) is 0 Å². The molecular weight excluding hydrogens is 474 g/mol. The van der Waals surface area contributed by atoms with E-state index in [0.717, 1.165) is 35.2 Å². The van der Waals surface area contributed by atoms with E-state index in [9.17, 15) is 14.4 Å². The Bertz CT molecular complexity index is 1170. The molecule has 0 saturated heterocycles. The number of rotatable bonds is 10. The highest BCUT2D eigenvalue weighted by atomic mass is 16.2. The van der Waals surface area contributed by atoms with Gasteiger partial charge in [0.1, 0.15) is 6.04 Å². The number of carbonyl (C=O) groups excluding carboxylic acids is 3. The fraction of sp³-hybridized carbons (Fsp3) is 0.469. The highest BCUT2D eigenvalue weighted by Gasteiger charge is 2.39. The van der Waals surface area contributed by atoms with Crippen molar-refractivity contribution in [1.82, 2.24) is 5.32 Å². The van der Waals surface area contributed by atoms with Gasteiger partial charge < -0.3 is 16.0 Å². The number of anilines is 1. The number of hydrogen-bond donors (Lipinski definition) is 2. The molecule has 6 nitrogen and oxygen atoms in total. The third-order valence-electron chi connectivity index (χ3n) is 8.06. The third-order valence-corrected chi connectivity index (χ3v) is 8.06. The van der Waals surface area contributed by atoms with E-state index in [4.69, 9.17) is 5.73 Å². The topological polar surface area (TPSA) is 92.5 Å². The highest BCUT2D eigenvalue weighted by Crippen LogP contribution is 2.41. The Morgan fingerprint density at radius 2 is 1.68 bits per heavy atom. The van der Waals surface area contributed by atoms with Crippen LogP contribution in [0.3, 0.4) is 0 Å². The first-order valence-corrected chi connectivity index (χ1v) is 14.0. The molecule has 0 aromatic heterocycles. The number of nitrogens with one attached hydrogen (secondary N) is 1. The second kappa shape index (κ2) is 12.4. The van der Waals surface area contributed by atoms with Crippen LogP contribution in [0.25, 0.3) is 11.1 Å². The lowest BCUT2D eigenvalue weighted by atomic mass is 9.82. The number of amides is 3. The highest BCUT2D eigenvalue weighted by molar-refractivity contribution is 6.06. The number of allylic oxidation sites excluding steroid dienone is 1. The van der Waals surface area contributed by atoms with Gasteiger partial charge >= 0.3 is 0 Å². The predicted molar refractivity (Wildman–Crippen MR) is 152 cm³/mol. The van der Waals surface area contributed by atoms with Crippen molar-refractivity contribution in [3.63, 3.8) is 0 Å². The van der Waals surface area contributed by atoms with E-state index < -0.39 is 23.8 Å². The molecule has 202 valence electrons. The first kappa shape index (κ1) is 27.6. The average Bonchev–Trinajstić information content (AvgIpc) is 3.00. The van der Waals surface area contributed by atoms with Gasteiger partial charge in [0, 0.05) is 12.1 Å². The Balaban J connectivity index is 1.74. The van der Waals surface area contributed by atoms with Crippen molar-refractivity contribution < 1.29 is 14.4 Å². The molecule has 2 aromatic rings. The molecule has 1 aliphatic carbocycles. The van der Waals surface area contributed by atoms with Crippen LogP contribution in [0.1, 0.15) is 70.4 Å². The molecule has 0 spiro atoms. The molecule has 1 saturated carbocycles. The second-order valence-corrected chi connectivity index (χ2v) is 11.3. The van der Waals surface area contributed by atoms with Crippen molar-refractivity contribution in [3.8, 4) is 11.1 Å². The molecule has 1 fully saturated rings. The molecule has 38 heavy (non-hydrogen) atoms. The van der Waals surface area contributed by atoms with Gasteiger partial charge in [-0.1, -0.05) is 81.7 Å². The molecule has 2 aromatic carbocycles. The molecule has 4 rings (SSSR count). The zero-order chi connectivity index (χ0) is 27.2. The van der Waals surface area contributed by atoms with Gasteiger partial charge in [-0.2, -0.15) is 0 Å². The quantitative estimate of drug-likeness (QED) is 0.393. The summed E-state index contributed by atoms with van der Waals surface area (Å²) < 4.78 is 0. The van der Waals surface area contributed by atoms with Gasteiger partial charge in [-0.05, 0) is 54.7 Å². The van der Waals surface area contributed by atoms with E-state index in [1.54, 1.807) is 6.08 Å². The second-order valence-electron chi connectivity index (χ2n) is 11.3. The Kier molecular flexibility index (Phi) is 9.03. The summed E-state index contributed by atoms with van der Waals surface area (Å²) in [6.07, 6.45) is 8.25. The van der Waals surface area contributed by atoms with E-state index in [2.05, 4.69) is 11.9 Å². The summed E-state index contributed by atoms with van der Waals surface area (Å²) in [6, 6.07) is 15.0. The Labute approximate surface area is 226 Å². The number of hydrogen-bond acceptors (Lipinski definition) is 3. The summed E-state index contributed by atoms with van der Waals surface area (Å²) in [5.74, 6) is -1.71. The smallest absolute Gasteiger partial charge is 0.254 e. The Hall–Kier alpha value is -3.41. The molecule has 3 unspecified atom stereocenters. The number of carbonyl (C=O) groups is 3. The van der Waals surface area contributed by atoms with Crippen LogP contribution in [0.4, 0.5) is 5.69 Å². The first-order chi connectivity index (χ1) is 18.3. The lowest BCUT2D eigenvalue weighted by molar-refractivity contribution is -0.136. The molecule has 3 N–H and O–H groups in total. The van der Waals surface area contributed by atoms with Crippen molar-refractivity contribution >= 4 is 23.4 Å². The van der Waals surface area contributed by atoms with Gasteiger partial charge in [0.05, 0.1) is 17.5 Å². The molecular formula is C32H41N3O3. The van der Waals surface area contributed by atoms with Gasteiger partial charge in [0.25, 0.3) is 5.91 Å². The summed E-state index contributed by atoms with van der Waals surface area (Å²) >= 11 is 0. The maximum Gasteiger partial charge on any atom is 0.254 e. The number of para-hydroxylation sites is 1. The summed E-state index contributed by atoms with van der Waals surface area (Å²) in [6.45, 7) is 8.42. The molecule has 1 heterocycles.